The quantitative estimate of drug-likeness (QED) is 0.144. The van der Waals surface area contributed by atoms with E-state index in [1.54, 1.807) is 50.7 Å². The molecule has 4 aromatic carbocycles. The molecule has 21 heteroatoms. The van der Waals surface area contributed by atoms with Gasteiger partial charge in [-0.1, -0.05) is 36.4 Å². The van der Waals surface area contributed by atoms with Crippen LogP contribution in [0.3, 0.4) is 0 Å². The smallest absolute Gasteiger partial charge is 0.387 e. The highest BCUT2D eigenvalue weighted by molar-refractivity contribution is 9.10. The third kappa shape index (κ3) is 9.35. The number of hydrogen-bond acceptors (Lipinski definition) is 9. The van der Waals surface area contributed by atoms with E-state index >= 15 is 4.39 Å². The zero-order valence-electron chi connectivity index (χ0n) is 34.3. The second-order valence-electron chi connectivity index (χ2n) is 14.7. The molecule has 0 radical (unpaired) electrons. The Labute approximate surface area is 368 Å². The lowest BCUT2D eigenvalue weighted by atomic mass is 10.1. The summed E-state index contributed by atoms with van der Waals surface area (Å²) in [6, 6.07) is 17.8. The Morgan fingerprint density at radius 1 is 0.781 bits per heavy atom. The second kappa shape index (κ2) is 19.0. The van der Waals surface area contributed by atoms with E-state index in [-0.39, 0.29) is 62.9 Å². The Balaban J connectivity index is 0.000000217. The van der Waals surface area contributed by atoms with E-state index in [2.05, 4.69) is 35.4 Å². The fourth-order valence-corrected chi connectivity index (χ4v) is 7.90. The molecule has 0 unspecified atom stereocenters. The van der Waals surface area contributed by atoms with Crippen molar-refractivity contribution in [3.05, 3.63) is 133 Å². The van der Waals surface area contributed by atoms with Gasteiger partial charge in [-0.05, 0) is 59.3 Å². The first-order valence-electron chi connectivity index (χ1n) is 19.5. The van der Waals surface area contributed by atoms with Gasteiger partial charge in [-0.25, -0.2) is 18.7 Å². The van der Waals surface area contributed by atoms with Crippen molar-refractivity contribution >= 4 is 49.6 Å². The third-order valence-corrected chi connectivity index (χ3v) is 11.4. The number of piperazine rings is 1. The zero-order valence-corrected chi connectivity index (χ0v) is 35.9. The number of aliphatic hydroxyl groups is 1. The van der Waals surface area contributed by atoms with Gasteiger partial charge in [0, 0.05) is 74.4 Å². The number of aromatic nitrogens is 6. The molecule has 1 amide bonds. The zero-order chi connectivity index (χ0) is 46.0. The number of amides is 1. The van der Waals surface area contributed by atoms with Crippen molar-refractivity contribution in [1.29, 1.82) is 0 Å². The lowest BCUT2D eigenvalue weighted by molar-refractivity contribution is -0.134. The normalized spacial score (nSPS) is 14.1. The van der Waals surface area contributed by atoms with E-state index in [0.29, 0.717) is 53.3 Å². The third-order valence-electron chi connectivity index (χ3n) is 10.8. The second-order valence-corrected chi connectivity index (χ2v) is 15.5. The highest BCUT2D eigenvalue weighted by Crippen LogP contribution is 2.30. The van der Waals surface area contributed by atoms with E-state index in [0.717, 1.165) is 12.1 Å². The summed E-state index contributed by atoms with van der Waals surface area (Å²) in [5, 5.41) is 9.47. The summed E-state index contributed by atoms with van der Waals surface area (Å²) in [7, 11) is 3.05. The number of benzene rings is 4. The maximum absolute atomic E-state index is 15.2. The minimum Gasteiger partial charge on any atom is -0.434 e. The van der Waals surface area contributed by atoms with Gasteiger partial charge in [-0.15, -0.1) is 0 Å². The molecule has 1 saturated heterocycles. The van der Waals surface area contributed by atoms with Gasteiger partial charge in [0.1, 0.15) is 29.7 Å². The molecule has 0 aliphatic carbocycles. The van der Waals surface area contributed by atoms with E-state index in [1.165, 1.54) is 60.1 Å². The number of nitrogens with zero attached hydrogens (tertiary/aromatic N) is 8. The number of aliphatic hydroxyl groups excluding tert-OH is 1. The largest absolute Gasteiger partial charge is 0.434 e. The summed E-state index contributed by atoms with van der Waals surface area (Å²) in [5.74, 6) is -1.08. The molecule has 336 valence electrons. The van der Waals surface area contributed by atoms with E-state index in [9.17, 15) is 36.3 Å². The molecule has 1 atom stereocenters. The molecule has 0 saturated carbocycles. The number of carbonyl (C=O) groups excluding carboxylic acids is 1. The number of carbonyl (C=O) groups is 1. The Morgan fingerprint density at radius 3 is 1.78 bits per heavy atom. The molecule has 3 aromatic heterocycles. The number of halogens is 7. The number of ether oxygens (including phenoxy) is 2. The number of para-hydroxylation sites is 2. The lowest BCUT2D eigenvalue weighted by Gasteiger charge is -2.39. The van der Waals surface area contributed by atoms with Crippen molar-refractivity contribution in [3.63, 3.8) is 0 Å². The van der Waals surface area contributed by atoms with Gasteiger partial charge >= 0.3 is 13.2 Å². The summed E-state index contributed by atoms with van der Waals surface area (Å²) < 4.78 is 95.0. The summed E-state index contributed by atoms with van der Waals surface area (Å²) in [5.41, 5.74) is 1.53. The minimum absolute atomic E-state index is 0.0195. The van der Waals surface area contributed by atoms with E-state index in [4.69, 9.17) is 5.11 Å². The Kier molecular flexibility index (Phi) is 13.5. The maximum Gasteiger partial charge on any atom is 0.387 e. The predicted octanol–water partition coefficient (Wildman–Crippen LogP) is 6.51. The summed E-state index contributed by atoms with van der Waals surface area (Å²) in [6.45, 7) is -3.13. The van der Waals surface area contributed by atoms with Crippen molar-refractivity contribution in [1.82, 2.24) is 33.6 Å². The number of rotatable bonds is 11. The molecule has 1 N–H and O–H groups in total. The Morgan fingerprint density at radius 2 is 1.28 bits per heavy atom. The van der Waals surface area contributed by atoms with Gasteiger partial charge in [0.25, 0.3) is 11.1 Å². The predicted molar refractivity (Wildman–Crippen MR) is 228 cm³/mol. The van der Waals surface area contributed by atoms with Crippen LogP contribution in [0.15, 0.2) is 99.3 Å². The van der Waals surface area contributed by atoms with Crippen LogP contribution in [0.1, 0.15) is 18.1 Å². The van der Waals surface area contributed by atoms with Crippen molar-refractivity contribution in [2.75, 3.05) is 31.1 Å². The van der Waals surface area contributed by atoms with Crippen LogP contribution in [0.4, 0.5) is 32.3 Å². The number of hydrogen-bond donors (Lipinski definition) is 1. The molecule has 1 fully saturated rings. The average Bonchev–Trinajstić information content (AvgIpc) is 3.63. The van der Waals surface area contributed by atoms with Crippen molar-refractivity contribution in [3.8, 4) is 22.6 Å². The SMILES string of the molecule is C[C@@H]1CN(C(=O)CO)CCN1c1ncc(-c2cc3c(cc2F)c(=O)n(C)n3Cc2ccccc2OC(F)F)cn1.Cn1c(=O)c2cc(F)c(Br)cc2n1Cc1ccccc1OC(F)F. The highest BCUT2D eigenvalue weighted by atomic mass is 79.9. The summed E-state index contributed by atoms with van der Waals surface area (Å²) >= 11 is 3.09. The average molecular weight is 958 g/mol. The van der Waals surface area contributed by atoms with Crippen LogP contribution in [-0.2, 0) is 32.0 Å². The van der Waals surface area contributed by atoms with Gasteiger partial charge in [0.15, 0.2) is 0 Å². The molecule has 4 heterocycles. The first kappa shape index (κ1) is 45.4. The standard InChI is InChI=1S/C27H27F3N6O4.C16H12BrF3N2O2/c1-16-13-34(24(38)15-37)7-8-35(16)27-31-11-18(12-32-27)19-10-22-20(9-21(19)28)25(39)33(2)36(22)14-17-5-3-4-6-23(17)40-26(29)30;1-21-15(23)10-6-12(18)11(17)7-13(10)22(21)8-9-4-2-3-5-14(9)24-16(19)20/h3-6,9-12,16,26,37H,7-8,13-15H2,1-2H3;2-7,16H,8H2,1H3/t16-;/m1./s1. The van der Waals surface area contributed by atoms with Crippen LogP contribution >= 0.6 is 15.9 Å². The molecule has 7 aromatic rings. The van der Waals surface area contributed by atoms with Crippen molar-refractivity contribution < 1.29 is 45.7 Å². The van der Waals surface area contributed by atoms with Gasteiger partial charge in [0.05, 0.1) is 39.4 Å². The van der Waals surface area contributed by atoms with Crippen molar-refractivity contribution in [2.24, 2.45) is 14.1 Å². The van der Waals surface area contributed by atoms with Crippen LogP contribution in [-0.4, -0.2) is 90.1 Å². The Hall–Kier alpha value is -6.61. The van der Waals surface area contributed by atoms with E-state index in [1.807, 2.05) is 11.8 Å². The minimum atomic E-state index is -3.01. The van der Waals surface area contributed by atoms with Crippen LogP contribution in [0.5, 0.6) is 11.5 Å². The Bertz CT molecular complexity index is 2960. The molecular weight excluding hydrogens is 918 g/mol. The molecule has 64 heavy (non-hydrogen) atoms. The maximum atomic E-state index is 15.2. The van der Waals surface area contributed by atoms with Gasteiger partial charge in [0.2, 0.25) is 11.9 Å². The molecular formula is C43H39BrF6N8O6. The first-order chi connectivity index (χ1) is 30.6. The van der Waals surface area contributed by atoms with Gasteiger partial charge in [-0.2, -0.15) is 17.6 Å². The number of fused-ring (bicyclic) bond motifs is 2. The summed E-state index contributed by atoms with van der Waals surface area (Å²) in [6.07, 6.45) is 2.98. The van der Waals surface area contributed by atoms with Gasteiger partial charge < -0.3 is 24.4 Å². The molecule has 0 bridgehead atoms. The highest BCUT2D eigenvalue weighted by Gasteiger charge is 2.28. The van der Waals surface area contributed by atoms with Crippen LogP contribution in [0, 0.1) is 11.6 Å². The van der Waals surface area contributed by atoms with Crippen molar-refractivity contribution in [2.45, 2.75) is 39.3 Å². The summed E-state index contributed by atoms with van der Waals surface area (Å²) in [4.78, 5) is 49.4. The first-order valence-corrected chi connectivity index (χ1v) is 20.3. The molecule has 8 rings (SSSR count). The van der Waals surface area contributed by atoms with E-state index < -0.39 is 37.0 Å². The van der Waals surface area contributed by atoms with Crippen LogP contribution in [0.25, 0.3) is 32.9 Å². The lowest BCUT2D eigenvalue weighted by Crippen LogP contribution is -2.54. The molecule has 1 aliphatic heterocycles. The number of anilines is 1. The molecule has 14 nitrogen and oxygen atoms in total. The molecule has 1 aliphatic rings. The number of alkyl halides is 4. The fraction of sp³-hybridized carbons (Fsp3) is 0.279. The fourth-order valence-electron chi connectivity index (χ4n) is 7.57. The van der Waals surface area contributed by atoms with Crippen LogP contribution < -0.4 is 25.5 Å². The topological polar surface area (TPSA) is 142 Å². The monoisotopic (exact) mass is 956 g/mol. The molecule has 0 spiro atoms. The van der Waals surface area contributed by atoms with Crippen LogP contribution in [0.2, 0.25) is 0 Å². The van der Waals surface area contributed by atoms with Gasteiger partial charge in [-0.3, -0.25) is 33.1 Å².